The molecule has 0 saturated heterocycles. The summed E-state index contributed by atoms with van der Waals surface area (Å²) >= 11 is 5.16. The van der Waals surface area contributed by atoms with Crippen molar-refractivity contribution in [2.75, 3.05) is 20.6 Å². The summed E-state index contributed by atoms with van der Waals surface area (Å²) in [5.41, 5.74) is -1.09. The van der Waals surface area contributed by atoms with Crippen LogP contribution in [0.25, 0.3) is 0 Å². The molecule has 2 rings (SSSR count). The van der Waals surface area contributed by atoms with Crippen molar-refractivity contribution in [3.05, 3.63) is 45.0 Å². The van der Waals surface area contributed by atoms with Gasteiger partial charge in [0.2, 0.25) is 0 Å². The lowest BCUT2D eigenvalue weighted by Gasteiger charge is -2.26. The summed E-state index contributed by atoms with van der Waals surface area (Å²) < 4.78 is 6.39. The molecule has 23 heavy (non-hydrogen) atoms. The maximum absolute atomic E-state index is 10.5. The van der Waals surface area contributed by atoms with Gasteiger partial charge in [0.05, 0.1) is 23.1 Å². The molecule has 128 valence electrons. The van der Waals surface area contributed by atoms with Crippen molar-refractivity contribution in [2.45, 2.75) is 19.1 Å². The molecule has 1 atom stereocenters. The fourth-order valence-corrected chi connectivity index (χ4v) is 3.59. The molecule has 0 aromatic carbocycles. The van der Waals surface area contributed by atoms with E-state index in [0.717, 1.165) is 16.3 Å². The monoisotopic (exact) mass is 513 g/mol. The minimum atomic E-state index is -1.09. The van der Waals surface area contributed by atoms with Gasteiger partial charge in [-0.1, -0.05) is 0 Å². The molecule has 2 aromatic rings. The molecule has 2 N–H and O–H groups in total. The van der Waals surface area contributed by atoms with Gasteiger partial charge in [0.25, 0.3) is 0 Å². The van der Waals surface area contributed by atoms with E-state index >= 15 is 0 Å². The average Bonchev–Trinajstić information content (AvgIpc) is 3.11. The summed E-state index contributed by atoms with van der Waals surface area (Å²) in [6.07, 6.45) is 1.55. The van der Waals surface area contributed by atoms with Crippen molar-refractivity contribution in [1.29, 1.82) is 0 Å². The molecular formula is C15H21BrIN3O2S. The van der Waals surface area contributed by atoms with Crippen molar-refractivity contribution >= 4 is 57.2 Å². The van der Waals surface area contributed by atoms with Crippen molar-refractivity contribution in [2.24, 2.45) is 4.99 Å². The Morgan fingerprint density at radius 3 is 2.74 bits per heavy atom. The molecule has 5 nitrogen and oxygen atoms in total. The van der Waals surface area contributed by atoms with Crippen LogP contribution in [-0.4, -0.2) is 36.6 Å². The highest BCUT2D eigenvalue weighted by molar-refractivity contribution is 14.0. The third-order valence-electron chi connectivity index (χ3n) is 3.24. The predicted octanol–water partition coefficient (Wildman–Crippen LogP) is 3.64. The Balaban J connectivity index is 0.00000264. The van der Waals surface area contributed by atoms with E-state index in [1.807, 2.05) is 18.0 Å². The van der Waals surface area contributed by atoms with E-state index < -0.39 is 5.60 Å². The number of hydrogen-bond donors (Lipinski definition) is 2. The van der Waals surface area contributed by atoms with Gasteiger partial charge in [-0.3, -0.25) is 4.99 Å². The number of hydrogen-bond acceptors (Lipinski definition) is 4. The normalized spacial score (nSPS) is 14.0. The maximum Gasteiger partial charge on any atom is 0.193 e. The highest BCUT2D eigenvalue weighted by atomic mass is 127. The van der Waals surface area contributed by atoms with Crippen LogP contribution < -0.4 is 5.32 Å². The van der Waals surface area contributed by atoms with E-state index in [-0.39, 0.29) is 24.0 Å². The molecule has 0 bridgehead atoms. The first-order valence-corrected chi connectivity index (χ1v) is 8.45. The predicted molar refractivity (Wildman–Crippen MR) is 109 cm³/mol. The molecule has 0 aliphatic rings. The number of halogens is 2. The van der Waals surface area contributed by atoms with E-state index in [2.05, 4.69) is 32.3 Å². The number of aliphatic hydroxyl groups is 1. The average molecular weight is 514 g/mol. The van der Waals surface area contributed by atoms with Crippen LogP contribution in [0.4, 0.5) is 0 Å². The Hall–Kier alpha value is -0.580. The maximum atomic E-state index is 10.5. The third kappa shape index (κ3) is 5.77. The van der Waals surface area contributed by atoms with Crippen LogP contribution in [-0.2, 0) is 12.1 Å². The molecule has 0 aliphatic heterocycles. The Labute approximate surface area is 165 Å². The van der Waals surface area contributed by atoms with Gasteiger partial charge in [0, 0.05) is 19.0 Å². The minimum Gasteiger partial charge on any atom is -0.466 e. The summed E-state index contributed by atoms with van der Waals surface area (Å²) in [5.74, 6) is 1.25. The Morgan fingerprint density at radius 2 is 2.22 bits per heavy atom. The van der Waals surface area contributed by atoms with Gasteiger partial charge < -0.3 is 19.7 Å². The fraction of sp³-hybridized carbons (Fsp3) is 0.400. The third-order valence-corrected chi connectivity index (χ3v) is 4.85. The summed E-state index contributed by atoms with van der Waals surface area (Å²) in [4.78, 5) is 7.50. The number of aliphatic imine (C=N–C) groups is 1. The summed E-state index contributed by atoms with van der Waals surface area (Å²) in [5, 5.41) is 13.6. The number of rotatable bonds is 5. The molecular weight excluding hydrogens is 493 g/mol. The lowest BCUT2D eigenvalue weighted by molar-refractivity contribution is 0.0381. The van der Waals surface area contributed by atoms with Crippen molar-refractivity contribution < 1.29 is 9.52 Å². The van der Waals surface area contributed by atoms with Gasteiger partial charge >= 0.3 is 0 Å². The highest BCUT2D eigenvalue weighted by Gasteiger charge is 2.26. The second-order valence-corrected chi connectivity index (χ2v) is 7.76. The van der Waals surface area contributed by atoms with Crippen molar-refractivity contribution in [3.8, 4) is 0 Å². The zero-order valence-electron chi connectivity index (χ0n) is 13.2. The van der Waals surface area contributed by atoms with Gasteiger partial charge in [0.15, 0.2) is 5.96 Å². The van der Waals surface area contributed by atoms with E-state index in [9.17, 15) is 5.11 Å². The lowest BCUT2D eigenvalue weighted by atomic mass is 10.0. The van der Waals surface area contributed by atoms with Crippen LogP contribution >= 0.6 is 51.2 Å². The first-order valence-electron chi connectivity index (χ1n) is 6.85. The second kappa shape index (κ2) is 9.05. The molecule has 1 unspecified atom stereocenters. The van der Waals surface area contributed by atoms with Crippen LogP contribution in [0.5, 0.6) is 0 Å². The van der Waals surface area contributed by atoms with Crippen LogP contribution in [0.3, 0.4) is 0 Å². The molecule has 0 radical (unpaired) electrons. The minimum absolute atomic E-state index is 0. The van der Waals surface area contributed by atoms with Crippen molar-refractivity contribution in [1.82, 2.24) is 10.2 Å². The topological polar surface area (TPSA) is 61.0 Å². The lowest BCUT2D eigenvalue weighted by Crippen LogP contribution is -2.44. The first kappa shape index (κ1) is 20.5. The smallest absolute Gasteiger partial charge is 0.193 e. The standard InChI is InChI=1S/C15H20BrN3O2S.HI/c1-15(20,12-5-4-8-21-12)10-18-14(17-2)19(3)9-11-6-7-13(16)22-11;/h4-8,20H,9-10H2,1-3H3,(H,17,18);1H. The zero-order chi connectivity index (χ0) is 16.2. The molecule has 8 heteroatoms. The number of nitrogens with one attached hydrogen (secondary N) is 1. The summed E-state index contributed by atoms with van der Waals surface area (Å²) in [6.45, 7) is 2.77. The van der Waals surface area contributed by atoms with Gasteiger partial charge in [-0.2, -0.15) is 0 Å². The second-order valence-electron chi connectivity index (χ2n) is 5.21. The fourth-order valence-electron chi connectivity index (χ4n) is 2.05. The van der Waals surface area contributed by atoms with Crippen LogP contribution in [0.15, 0.2) is 43.7 Å². The molecule has 0 amide bonds. The van der Waals surface area contributed by atoms with E-state index in [1.165, 1.54) is 4.88 Å². The zero-order valence-corrected chi connectivity index (χ0v) is 18.0. The van der Waals surface area contributed by atoms with Gasteiger partial charge in [0.1, 0.15) is 11.4 Å². The highest BCUT2D eigenvalue weighted by Crippen LogP contribution is 2.23. The molecule has 0 spiro atoms. The van der Waals surface area contributed by atoms with Gasteiger partial charge in [-0.05, 0) is 47.1 Å². The number of guanidine groups is 1. The summed E-state index contributed by atoms with van der Waals surface area (Å²) in [7, 11) is 3.69. The van der Waals surface area contributed by atoms with Gasteiger partial charge in [-0.25, -0.2) is 0 Å². The Bertz CT molecular complexity index is 628. The molecule has 2 aromatic heterocycles. The Morgan fingerprint density at radius 1 is 1.48 bits per heavy atom. The first-order chi connectivity index (χ1) is 10.4. The molecule has 0 saturated carbocycles. The van der Waals surface area contributed by atoms with Gasteiger partial charge in [-0.15, -0.1) is 35.3 Å². The SMILES string of the molecule is CN=C(NCC(C)(O)c1ccco1)N(C)Cc1ccc(Br)s1.I. The van der Waals surface area contributed by atoms with E-state index in [1.54, 1.807) is 43.7 Å². The molecule has 0 aliphatic carbocycles. The van der Waals surface area contributed by atoms with Crippen LogP contribution in [0.2, 0.25) is 0 Å². The molecule has 2 heterocycles. The largest absolute Gasteiger partial charge is 0.466 e. The Kier molecular flexibility index (Phi) is 8.05. The summed E-state index contributed by atoms with van der Waals surface area (Å²) in [6, 6.07) is 7.64. The number of thiophene rings is 1. The number of nitrogens with zero attached hydrogens (tertiary/aromatic N) is 2. The van der Waals surface area contributed by atoms with Crippen LogP contribution in [0.1, 0.15) is 17.6 Å². The van der Waals surface area contributed by atoms with E-state index in [0.29, 0.717) is 12.3 Å². The number of furan rings is 1. The quantitative estimate of drug-likeness (QED) is 0.364. The van der Waals surface area contributed by atoms with E-state index in [4.69, 9.17) is 4.42 Å². The van der Waals surface area contributed by atoms with Crippen LogP contribution in [0, 0.1) is 0 Å². The van der Waals surface area contributed by atoms with Crippen molar-refractivity contribution in [3.63, 3.8) is 0 Å². The molecule has 0 fully saturated rings.